The van der Waals surface area contributed by atoms with Crippen LogP contribution < -0.4 is 5.73 Å². The third-order valence-electron chi connectivity index (χ3n) is 4.39. The number of hydrogen-bond acceptors (Lipinski definition) is 4. The normalized spacial score (nSPS) is 16.3. The molecule has 1 atom stereocenters. The molecule has 3 aromatic rings. The maximum Gasteiger partial charge on any atom is 0.161 e. The Morgan fingerprint density at radius 2 is 1.80 bits per heavy atom. The maximum atomic E-state index is 5.94. The van der Waals surface area contributed by atoms with Crippen molar-refractivity contribution >= 4 is 11.5 Å². The molecule has 1 aliphatic rings. The largest absolute Gasteiger partial charge is 0.387 e. The summed E-state index contributed by atoms with van der Waals surface area (Å²) in [5.41, 5.74) is 11.5. The minimum absolute atomic E-state index is 0.138. The van der Waals surface area contributed by atoms with E-state index in [-0.39, 0.29) is 6.10 Å². The van der Waals surface area contributed by atoms with Crippen LogP contribution in [-0.2, 0) is 11.3 Å². The molecule has 2 heterocycles. The van der Waals surface area contributed by atoms with Crippen LogP contribution in [0.4, 0.5) is 5.82 Å². The highest BCUT2D eigenvalue weighted by atomic mass is 16.6. The predicted molar refractivity (Wildman–Crippen MR) is 100 cm³/mol. The van der Waals surface area contributed by atoms with Crippen LogP contribution in [0.5, 0.6) is 0 Å². The molecule has 0 saturated carbocycles. The molecule has 2 N–H and O–H groups in total. The first kappa shape index (κ1) is 15.4. The van der Waals surface area contributed by atoms with Crippen LogP contribution in [0.25, 0.3) is 11.1 Å². The maximum absolute atomic E-state index is 5.94. The van der Waals surface area contributed by atoms with E-state index in [0.29, 0.717) is 5.82 Å². The van der Waals surface area contributed by atoms with Gasteiger partial charge in [-0.05, 0) is 28.8 Å². The fraction of sp³-hybridized carbons (Fsp3) is 0.143. The average Bonchev–Trinajstić information content (AvgIpc) is 3.11. The Labute approximate surface area is 147 Å². The smallest absolute Gasteiger partial charge is 0.161 e. The first-order valence-corrected chi connectivity index (χ1v) is 8.36. The van der Waals surface area contributed by atoms with Crippen molar-refractivity contribution in [1.82, 2.24) is 4.98 Å². The second-order valence-corrected chi connectivity index (χ2v) is 6.18. The fourth-order valence-corrected chi connectivity index (χ4v) is 3.13. The van der Waals surface area contributed by atoms with E-state index in [4.69, 9.17) is 10.6 Å². The second-order valence-electron chi connectivity index (χ2n) is 6.18. The lowest BCUT2D eigenvalue weighted by Crippen LogP contribution is -2.06. The molecule has 0 radical (unpaired) electrons. The molecular formula is C21H19N3O. The van der Waals surface area contributed by atoms with Crippen molar-refractivity contribution in [2.45, 2.75) is 18.9 Å². The molecule has 0 spiro atoms. The molecule has 25 heavy (non-hydrogen) atoms. The van der Waals surface area contributed by atoms with Crippen molar-refractivity contribution in [2.24, 2.45) is 5.16 Å². The standard InChI is InChI=1S/C21H19N3O/c22-21-19(10-5-11-23-21)20-14-18(24-25-20)13-15-6-4-9-17(12-15)16-7-2-1-3-8-16/h1-12,20H,13-14H2,(H2,22,23). The van der Waals surface area contributed by atoms with Gasteiger partial charge in [0.15, 0.2) is 6.10 Å². The summed E-state index contributed by atoms with van der Waals surface area (Å²) in [6, 6.07) is 22.8. The number of aromatic nitrogens is 1. The van der Waals surface area contributed by atoms with Crippen molar-refractivity contribution in [3.05, 3.63) is 84.1 Å². The minimum atomic E-state index is -0.138. The molecule has 2 aromatic carbocycles. The first-order chi connectivity index (χ1) is 12.3. The van der Waals surface area contributed by atoms with E-state index in [1.165, 1.54) is 16.7 Å². The number of benzene rings is 2. The van der Waals surface area contributed by atoms with Gasteiger partial charge in [-0.2, -0.15) is 0 Å². The SMILES string of the molecule is Nc1ncccc1C1CC(Cc2cccc(-c3ccccc3)c2)=NO1. The number of nitrogens with two attached hydrogens (primary N) is 1. The van der Waals surface area contributed by atoms with Crippen LogP contribution in [0, 0.1) is 0 Å². The van der Waals surface area contributed by atoms with Gasteiger partial charge in [-0.3, -0.25) is 0 Å². The summed E-state index contributed by atoms with van der Waals surface area (Å²) in [5, 5.41) is 4.27. The van der Waals surface area contributed by atoms with E-state index in [1.54, 1.807) is 6.20 Å². The highest BCUT2D eigenvalue weighted by Crippen LogP contribution is 2.31. The van der Waals surface area contributed by atoms with Crippen LogP contribution in [-0.4, -0.2) is 10.7 Å². The molecule has 1 unspecified atom stereocenters. The molecule has 0 amide bonds. The van der Waals surface area contributed by atoms with Crippen molar-refractivity contribution in [3.8, 4) is 11.1 Å². The van der Waals surface area contributed by atoms with E-state index in [1.807, 2.05) is 18.2 Å². The summed E-state index contributed by atoms with van der Waals surface area (Å²) in [6.07, 6.45) is 3.06. The Kier molecular flexibility index (Phi) is 4.17. The monoisotopic (exact) mass is 329 g/mol. The lowest BCUT2D eigenvalue weighted by atomic mass is 9.98. The molecule has 0 fully saturated rings. The quantitative estimate of drug-likeness (QED) is 0.772. The van der Waals surface area contributed by atoms with Crippen molar-refractivity contribution in [2.75, 3.05) is 5.73 Å². The van der Waals surface area contributed by atoms with Gasteiger partial charge in [-0.1, -0.05) is 59.8 Å². The van der Waals surface area contributed by atoms with E-state index < -0.39 is 0 Å². The van der Waals surface area contributed by atoms with Gasteiger partial charge in [0, 0.05) is 24.6 Å². The molecule has 124 valence electrons. The predicted octanol–water partition coefficient (Wildman–Crippen LogP) is 4.39. The van der Waals surface area contributed by atoms with Crippen molar-refractivity contribution in [1.29, 1.82) is 0 Å². The van der Waals surface area contributed by atoms with Gasteiger partial charge >= 0.3 is 0 Å². The Bertz CT molecular complexity index is 906. The number of hydrogen-bond donors (Lipinski definition) is 1. The Morgan fingerprint density at radius 1 is 0.960 bits per heavy atom. The molecule has 0 aliphatic carbocycles. The number of anilines is 1. The zero-order valence-corrected chi connectivity index (χ0v) is 13.8. The first-order valence-electron chi connectivity index (χ1n) is 8.36. The van der Waals surface area contributed by atoms with Gasteiger partial charge < -0.3 is 10.6 Å². The van der Waals surface area contributed by atoms with Crippen LogP contribution in [0.1, 0.15) is 23.7 Å². The zero-order valence-electron chi connectivity index (χ0n) is 13.8. The van der Waals surface area contributed by atoms with Gasteiger partial charge in [0.25, 0.3) is 0 Å². The highest BCUT2D eigenvalue weighted by Gasteiger charge is 2.25. The van der Waals surface area contributed by atoms with Gasteiger partial charge in [0.05, 0.1) is 5.71 Å². The summed E-state index contributed by atoms with van der Waals surface area (Å²) < 4.78 is 0. The van der Waals surface area contributed by atoms with Crippen molar-refractivity contribution < 1.29 is 4.84 Å². The van der Waals surface area contributed by atoms with Crippen molar-refractivity contribution in [3.63, 3.8) is 0 Å². The van der Waals surface area contributed by atoms with E-state index in [9.17, 15) is 0 Å². The number of nitrogens with zero attached hydrogens (tertiary/aromatic N) is 2. The van der Waals surface area contributed by atoms with E-state index >= 15 is 0 Å². The number of oxime groups is 1. The summed E-state index contributed by atoms with van der Waals surface area (Å²) in [5.74, 6) is 0.509. The van der Waals surface area contributed by atoms with Gasteiger partial charge in [-0.15, -0.1) is 0 Å². The lowest BCUT2D eigenvalue weighted by Gasteiger charge is -2.10. The van der Waals surface area contributed by atoms with Crippen LogP contribution >= 0.6 is 0 Å². The lowest BCUT2D eigenvalue weighted by molar-refractivity contribution is 0.0860. The zero-order chi connectivity index (χ0) is 17.1. The number of pyridine rings is 1. The number of rotatable bonds is 4. The molecule has 4 nitrogen and oxygen atoms in total. The van der Waals surface area contributed by atoms with Crippen LogP contribution in [0.15, 0.2) is 78.1 Å². The van der Waals surface area contributed by atoms with Gasteiger partial charge in [0.1, 0.15) is 5.82 Å². The molecule has 4 rings (SSSR count). The third kappa shape index (κ3) is 3.38. The number of nitrogen functional groups attached to an aromatic ring is 1. The highest BCUT2D eigenvalue weighted by molar-refractivity contribution is 5.88. The second kappa shape index (κ2) is 6.77. The van der Waals surface area contributed by atoms with Crippen LogP contribution in [0.2, 0.25) is 0 Å². The molecule has 0 bridgehead atoms. The Morgan fingerprint density at radius 3 is 2.64 bits per heavy atom. The minimum Gasteiger partial charge on any atom is -0.387 e. The van der Waals surface area contributed by atoms with E-state index in [0.717, 1.165) is 24.1 Å². The molecular weight excluding hydrogens is 310 g/mol. The average molecular weight is 329 g/mol. The Balaban J connectivity index is 1.48. The van der Waals surface area contributed by atoms with E-state index in [2.05, 4.69) is 58.7 Å². The van der Waals surface area contributed by atoms with Crippen LogP contribution in [0.3, 0.4) is 0 Å². The fourth-order valence-electron chi connectivity index (χ4n) is 3.13. The summed E-state index contributed by atoms with van der Waals surface area (Å²) in [7, 11) is 0. The summed E-state index contributed by atoms with van der Waals surface area (Å²) >= 11 is 0. The third-order valence-corrected chi connectivity index (χ3v) is 4.39. The molecule has 0 saturated heterocycles. The summed E-state index contributed by atoms with van der Waals surface area (Å²) in [6.45, 7) is 0. The topological polar surface area (TPSA) is 60.5 Å². The molecule has 1 aromatic heterocycles. The molecule has 4 heteroatoms. The Hall–Kier alpha value is -3.14. The molecule has 1 aliphatic heterocycles. The van der Waals surface area contributed by atoms with Gasteiger partial charge in [-0.25, -0.2) is 4.98 Å². The van der Waals surface area contributed by atoms with Gasteiger partial charge in [0.2, 0.25) is 0 Å². The summed E-state index contributed by atoms with van der Waals surface area (Å²) in [4.78, 5) is 9.71.